The predicted octanol–water partition coefficient (Wildman–Crippen LogP) is 3.80. The molecule has 0 aromatic heterocycles. The number of carbonyl (C=O) groups excluding carboxylic acids is 1. The average molecular weight is 428 g/mol. The van der Waals surface area contributed by atoms with Gasteiger partial charge in [-0.15, -0.1) is 0 Å². The van der Waals surface area contributed by atoms with Gasteiger partial charge in [-0.3, -0.25) is 4.79 Å². The number of nitrogens with one attached hydrogen (secondary N) is 1. The summed E-state index contributed by atoms with van der Waals surface area (Å²) < 4.78 is 11.1. The highest BCUT2D eigenvalue weighted by atomic mass is 16.5. The van der Waals surface area contributed by atoms with Crippen molar-refractivity contribution >= 4 is 11.9 Å². The normalized spacial score (nSPS) is 12.3. The summed E-state index contributed by atoms with van der Waals surface area (Å²) in [7, 11) is 0. The fourth-order valence-corrected chi connectivity index (χ4v) is 3.14. The van der Waals surface area contributed by atoms with Gasteiger partial charge in [0.25, 0.3) is 5.91 Å². The smallest absolute Gasteiger partial charge is 0.333 e. The van der Waals surface area contributed by atoms with Crippen LogP contribution < -0.4 is 10.1 Å². The first-order valence-corrected chi connectivity index (χ1v) is 10.7. The second kappa shape index (κ2) is 11.5. The molecule has 0 radical (unpaired) electrons. The Bertz CT molecular complexity index is 843. The van der Waals surface area contributed by atoms with Crippen molar-refractivity contribution in [2.45, 2.75) is 58.7 Å². The van der Waals surface area contributed by atoms with Crippen LogP contribution in [0.3, 0.4) is 0 Å². The number of aliphatic carboxylic acids is 1. The quantitative estimate of drug-likeness (QED) is 0.538. The third kappa shape index (κ3) is 7.72. The number of ether oxygens (including phenoxy) is 2. The van der Waals surface area contributed by atoms with Gasteiger partial charge in [0.1, 0.15) is 5.75 Å². The highest BCUT2D eigenvalue weighted by molar-refractivity contribution is 5.84. The summed E-state index contributed by atoms with van der Waals surface area (Å²) in [5.74, 6) is -0.632. The molecule has 0 spiro atoms. The summed E-state index contributed by atoms with van der Waals surface area (Å²) in [5, 5.41) is 12.1. The maximum absolute atomic E-state index is 12.6. The first-order chi connectivity index (χ1) is 14.7. The van der Waals surface area contributed by atoms with Crippen molar-refractivity contribution in [2.75, 3.05) is 13.2 Å². The van der Waals surface area contributed by atoms with Crippen LogP contribution in [0.25, 0.3) is 0 Å². The lowest BCUT2D eigenvalue weighted by atomic mass is 10.1. The van der Waals surface area contributed by atoms with Crippen LogP contribution in [-0.4, -0.2) is 41.8 Å². The van der Waals surface area contributed by atoms with E-state index in [1.165, 1.54) is 11.1 Å². The molecule has 2 aromatic carbocycles. The van der Waals surface area contributed by atoms with E-state index in [4.69, 9.17) is 9.47 Å². The van der Waals surface area contributed by atoms with E-state index in [1.807, 2.05) is 0 Å². The molecule has 168 valence electrons. The van der Waals surface area contributed by atoms with Gasteiger partial charge in [-0.1, -0.05) is 43.3 Å². The van der Waals surface area contributed by atoms with E-state index >= 15 is 0 Å². The molecule has 1 atom stereocenters. The molecule has 2 rings (SSSR count). The lowest BCUT2D eigenvalue weighted by Crippen LogP contribution is -2.47. The molecule has 31 heavy (non-hydrogen) atoms. The van der Waals surface area contributed by atoms with E-state index in [0.29, 0.717) is 18.9 Å². The first-order valence-electron chi connectivity index (χ1n) is 10.7. The summed E-state index contributed by atoms with van der Waals surface area (Å²) in [6.45, 7) is 8.21. The van der Waals surface area contributed by atoms with Crippen LogP contribution in [0.1, 0.15) is 44.4 Å². The molecule has 0 heterocycles. The SMILES string of the molecule is CCO[C@@H](Cc1ccc(OC(C)(C)C(=O)NCCc2ccc(CC)cc2)cc1)C(=O)O. The molecule has 0 saturated heterocycles. The van der Waals surface area contributed by atoms with Crippen molar-refractivity contribution in [2.24, 2.45) is 0 Å². The number of hydrogen-bond donors (Lipinski definition) is 2. The molecule has 0 fully saturated rings. The maximum atomic E-state index is 12.6. The van der Waals surface area contributed by atoms with Gasteiger partial charge in [-0.05, 0) is 62.4 Å². The van der Waals surface area contributed by atoms with Crippen LogP contribution in [0, 0.1) is 0 Å². The van der Waals surface area contributed by atoms with E-state index in [2.05, 4.69) is 36.5 Å². The molecule has 0 bridgehead atoms. The van der Waals surface area contributed by atoms with Crippen molar-refractivity contribution in [1.82, 2.24) is 5.32 Å². The van der Waals surface area contributed by atoms with Gasteiger partial charge in [0, 0.05) is 19.6 Å². The minimum atomic E-state index is -1.04. The Morgan fingerprint density at radius 3 is 2.10 bits per heavy atom. The standard InChI is InChI=1S/C25H33NO5/c1-5-18-7-9-19(10-8-18)15-16-26-24(29)25(3,4)31-21-13-11-20(12-14-21)17-22(23(27)28)30-6-2/h7-14,22H,5-6,15-17H2,1-4H3,(H,26,29)(H,27,28)/t22-/m0/s1. The summed E-state index contributed by atoms with van der Waals surface area (Å²) in [4.78, 5) is 23.8. The third-order valence-corrected chi connectivity index (χ3v) is 5.04. The van der Waals surface area contributed by atoms with Crippen molar-refractivity contribution in [1.29, 1.82) is 0 Å². The molecular formula is C25H33NO5. The zero-order valence-corrected chi connectivity index (χ0v) is 18.8. The van der Waals surface area contributed by atoms with E-state index in [-0.39, 0.29) is 12.3 Å². The Balaban J connectivity index is 1.86. The fraction of sp³-hybridized carbons (Fsp3) is 0.440. The molecule has 2 aromatic rings. The Kier molecular flexibility index (Phi) is 9.06. The lowest BCUT2D eigenvalue weighted by molar-refractivity contribution is -0.150. The second-order valence-corrected chi connectivity index (χ2v) is 7.92. The number of rotatable bonds is 12. The number of amides is 1. The summed E-state index contributed by atoms with van der Waals surface area (Å²) in [6.07, 6.45) is 1.16. The van der Waals surface area contributed by atoms with Crippen LogP contribution in [0.15, 0.2) is 48.5 Å². The van der Waals surface area contributed by atoms with Gasteiger partial charge < -0.3 is 19.9 Å². The number of aryl methyl sites for hydroxylation is 1. The predicted molar refractivity (Wildman–Crippen MR) is 120 cm³/mol. The number of carboxylic acids is 1. The minimum absolute atomic E-state index is 0.191. The third-order valence-electron chi connectivity index (χ3n) is 5.04. The van der Waals surface area contributed by atoms with Gasteiger partial charge in [-0.2, -0.15) is 0 Å². The average Bonchev–Trinajstić information content (AvgIpc) is 2.74. The van der Waals surface area contributed by atoms with Crippen LogP contribution in [0.4, 0.5) is 0 Å². The van der Waals surface area contributed by atoms with Gasteiger partial charge in [0.05, 0.1) is 0 Å². The monoisotopic (exact) mass is 427 g/mol. The number of carbonyl (C=O) groups is 2. The van der Waals surface area contributed by atoms with Crippen molar-refractivity contribution in [3.63, 3.8) is 0 Å². The molecule has 0 unspecified atom stereocenters. The van der Waals surface area contributed by atoms with Crippen molar-refractivity contribution in [3.05, 3.63) is 65.2 Å². The molecule has 0 aliphatic heterocycles. The molecule has 0 saturated carbocycles. The van der Waals surface area contributed by atoms with Crippen LogP contribution in [0.2, 0.25) is 0 Å². The lowest BCUT2D eigenvalue weighted by Gasteiger charge is -2.25. The van der Waals surface area contributed by atoms with Crippen molar-refractivity contribution in [3.8, 4) is 5.75 Å². The summed E-state index contributed by atoms with van der Waals surface area (Å²) >= 11 is 0. The zero-order chi connectivity index (χ0) is 22.9. The first kappa shape index (κ1) is 24.4. The molecule has 0 aliphatic carbocycles. The number of carboxylic acid groups (broad SMARTS) is 1. The van der Waals surface area contributed by atoms with Gasteiger partial charge in [-0.25, -0.2) is 4.79 Å². The van der Waals surface area contributed by atoms with Gasteiger partial charge in [0.2, 0.25) is 0 Å². The van der Waals surface area contributed by atoms with E-state index in [0.717, 1.165) is 18.4 Å². The van der Waals surface area contributed by atoms with E-state index < -0.39 is 17.7 Å². The highest BCUT2D eigenvalue weighted by Crippen LogP contribution is 2.20. The van der Waals surface area contributed by atoms with Crippen molar-refractivity contribution < 1.29 is 24.2 Å². The Hall–Kier alpha value is -2.86. The van der Waals surface area contributed by atoms with Crippen LogP contribution in [-0.2, 0) is 33.6 Å². The highest BCUT2D eigenvalue weighted by Gasteiger charge is 2.29. The molecule has 2 N–H and O–H groups in total. The number of benzene rings is 2. The van der Waals surface area contributed by atoms with Gasteiger partial charge in [0.15, 0.2) is 11.7 Å². The minimum Gasteiger partial charge on any atom is -0.479 e. The van der Waals surface area contributed by atoms with E-state index in [1.54, 1.807) is 45.0 Å². The Morgan fingerprint density at radius 2 is 1.55 bits per heavy atom. The largest absolute Gasteiger partial charge is 0.479 e. The number of hydrogen-bond acceptors (Lipinski definition) is 4. The summed E-state index contributed by atoms with van der Waals surface area (Å²) in [6, 6.07) is 15.5. The summed E-state index contributed by atoms with van der Waals surface area (Å²) in [5.41, 5.74) is 2.26. The van der Waals surface area contributed by atoms with Gasteiger partial charge >= 0.3 is 5.97 Å². The Labute approximate surface area is 184 Å². The molecular weight excluding hydrogens is 394 g/mol. The van der Waals surface area contributed by atoms with E-state index in [9.17, 15) is 14.7 Å². The molecule has 1 amide bonds. The molecule has 6 heteroatoms. The fourth-order valence-electron chi connectivity index (χ4n) is 3.14. The maximum Gasteiger partial charge on any atom is 0.333 e. The van der Waals surface area contributed by atoms with Crippen LogP contribution >= 0.6 is 0 Å². The topological polar surface area (TPSA) is 84.9 Å². The second-order valence-electron chi connectivity index (χ2n) is 7.92. The van der Waals surface area contributed by atoms with Crippen LogP contribution in [0.5, 0.6) is 5.75 Å². The molecule has 6 nitrogen and oxygen atoms in total. The zero-order valence-electron chi connectivity index (χ0n) is 18.8. The molecule has 0 aliphatic rings. The Morgan fingerprint density at radius 1 is 0.968 bits per heavy atom.